The van der Waals surface area contributed by atoms with Gasteiger partial charge in [0.2, 0.25) is 0 Å². The van der Waals surface area contributed by atoms with Crippen molar-refractivity contribution in [3.05, 3.63) is 50.9 Å². The molecule has 1 heterocycles. The van der Waals surface area contributed by atoms with Crippen molar-refractivity contribution in [2.45, 2.75) is 25.9 Å². The van der Waals surface area contributed by atoms with E-state index in [1.54, 1.807) is 11.3 Å². The minimum absolute atomic E-state index is 0.0197. The Morgan fingerprint density at radius 1 is 1.40 bits per heavy atom. The van der Waals surface area contributed by atoms with Crippen LogP contribution in [0.4, 0.5) is 0 Å². The summed E-state index contributed by atoms with van der Waals surface area (Å²) in [6, 6.07) is 7.78. The molecule has 0 saturated carbocycles. The number of rotatable bonds is 6. The lowest BCUT2D eigenvalue weighted by Gasteiger charge is -2.19. The first kappa shape index (κ1) is 15.4. The third-order valence-electron chi connectivity index (χ3n) is 3.38. The predicted molar refractivity (Wildman–Crippen MR) is 86.2 cm³/mol. The first-order valence-corrected chi connectivity index (χ1v) is 7.91. The Hall–Kier alpha value is -0.940. The summed E-state index contributed by atoms with van der Waals surface area (Å²) in [4.78, 5) is 7.87. The van der Waals surface area contributed by atoms with Crippen molar-refractivity contribution in [2.24, 2.45) is 5.73 Å². The Labute approximate surface area is 129 Å². The van der Waals surface area contributed by atoms with E-state index < -0.39 is 0 Å². The molecule has 2 rings (SSSR count). The number of hydrogen-bond acceptors (Lipinski definition) is 4. The van der Waals surface area contributed by atoms with E-state index in [9.17, 15) is 0 Å². The van der Waals surface area contributed by atoms with Crippen molar-refractivity contribution < 1.29 is 0 Å². The second kappa shape index (κ2) is 7.18. The van der Waals surface area contributed by atoms with Gasteiger partial charge in [-0.25, -0.2) is 4.98 Å². The number of hydrogen-bond donors (Lipinski definition) is 1. The molecule has 0 saturated heterocycles. The molecular weight excluding hydrogens is 290 g/mol. The summed E-state index contributed by atoms with van der Waals surface area (Å²) in [7, 11) is 2.11. The molecule has 0 spiro atoms. The van der Waals surface area contributed by atoms with Crippen molar-refractivity contribution in [1.82, 2.24) is 9.88 Å². The minimum atomic E-state index is -0.0197. The first-order valence-electron chi connectivity index (χ1n) is 6.65. The zero-order valence-electron chi connectivity index (χ0n) is 11.8. The number of aryl methyl sites for hydroxylation is 1. The Morgan fingerprint density at radius 2 is 2.15 bits per heavy atom. The number of nitrogens with zero attached hydrogens (tertiary/aromatic N) is 2. The topological polar surface area (TPSA) is 42.2 Å². The van der Waals surface area contributed by atoms with Crippen LogP contribution < -0.4 is 5.73 Å². The smallest absolute Gasteiger partial charge is 0.0798 e. The summed E-state index contributed by atoms with van der Waals surface area (Å²) >= 11 is 7.88. The molecule has 1 aromatic carbocycles. The molecule has 2 aromatic rings. The van der Waals surface area contributed by atoms with Gasteiger partial charge in [0.15, 0.2) is 0 Å². The van der Waals surface area contributed by atoms with Crippen molar-refractivity contribution in [2.75, 3.05) is 13.6 Å². The maximum absolute atomic E-state index is 6.23. The molecule has 2 N–H and O–H groups in total. The van der Waals surface area contributed by atoms with Gasteiger partial charge in [-0.2, -0.15) is 0 Å². The van der Waals surface area contributed by atoms with Crippen molar-refractivity contribution in [3.8, 4) is 0 Å². The molecule has 0 bridgehead atoms. The van der Waals surface area contributed by atoms with Gasteiger partial charge in [-0.1, -0.05) is 29.8 Å². The maximum atomic E-state index is 6.23. The quantitative estimate of drug-likeness (QED) is 0.886. The summed E-state index contributed by atoms with van der Waals surface area (Å²) < 4.78 is 0. The molecule has 1 atom stereocenters. The van der Waals surface area contributed by atoms with Crippen LogP contribution in [0.15, 0.2) is 29.8 Å². The lowest BCUT2D eigenvalue weighted by molar-refractivity contribution is 0.313. The van der Waals surface area contributed by atoms with E-state index in [0.717, 1.165) is 35.8 Å². The summed E-state index contributed by atoms with van der Waals surface area (Å²) in [6.45, 7) is 3.91. The van der Waals surface area contributed by atoms with Gasteiger partial charge in [-0.05, 0) is 32.0 Å². The van der Waals surface area contributed by atoms with Crippen LogP contribution in [-0.2, 0) is 6.54 Å². The monoisotopic (exact) mass is 309 g/mol. The van der Waals surface area contributed by atoms with Crippen molar-refractivity contribution in [1.29, 1.82) is 0 Å². The van der Waals surface area contributed by atoms with Crippen LogP contribution in [0.5, 0.6) is 0 Å². The lowest BCUT2D eigenvalue weighted by Crippen LogP contribution is -2.23. The summed E-state index contributed by atoms with van der Waals surface area (Å²) in [5.74, 6) is 0. The number of nitrogens with two attached hydrogens (primary N) is 1. The fourth-order valence-electron chi connectivity index (χ4n) is 2.09. The largest absolute Gasteiger partial charge is 0.324 e. The Balaban J connectivity index is 1.86. The van der Waals surface area contributed by atoms with Gasteiger partial charge in [0.25, 0.3) is 0 Å². The highest BCUT2D eigenvalue weighted by Crippen LogP contribution is 2.23. The standard InChI is InChI=1S/C15H20ClN3S/c1-11-15(20-10-18-11)9-19(2)8-7-14(17)12-5-3-4-6-13(12)16/h3-6,10,14H,7-9,17H2,1-2H3. The number of thiazole rings is 1. The second-order valence-corrected chi connectivity index (χ2v) is 6.36. The van der Waals surface area contributed by atoms with Crippen molar-refractivity contribution >= 4 is 22.9 Å². The van der Waals surface area contributed by atoms with Crippen LogP contribution in [0.2, 0.25) is 5.02 Å². The van der Waals surface area contributed by atoms with Crippen LogP contribution in [0.25, 0.3) is 0 Å². The molecule has 20 heavy (non-hydrogen) atoms. The second-order valence-electron chi connectivity index (χ2n) is 5.02. The highest BCUT2D eigenvalue weighted by molar-refractivity contribution is 7.09. The molecule has 3 nitrogen and oxygen atoms in total. The zero-order valence-corrected chi connectivity index (χ0v) is 13.4. The predicted octanol–water partition coefficient (Wildman–Crippen LogP) is 3.63. The van der Waals surface area contributed by atoms with Crippen LogP contribution in [0, 0.1) is 6.92 Å². The van der Waals surface area contributed by atoms with Gasteiger partial charge in [0, 0.05) is 29.0 Å². The van der Waals surface area contributed by atoms with E-state index in [1.165, 1.54) is 4.88 Å². The molecule has 1 aromatic heterocycles. The molecule has 0 fully saturated rings. The highest BCUT2D eigenvalue weighted by Gasteiger charge is 2.11. The molecule has 5 heteroatoms. The van der Waals surface area contributed by atoms with Gasteiger partial charge >= 0.3 is 0 Å². The molecular formula is C15H20ClN3S. The zero-order chi connectivity index (χ0) is 14.5. The van der Waals surface area contributed by atoms with Gasteiger partial charge < -0.3 is 10.6 Å². The molecule has 0 radical (unpaired) electrons. The van der Waals surface area contributed by atoms with Gasteiger partial charge in [0.1, 0.15) is 0 Å². The fraction of sp³-hybridized carbons (Fsp3) is 0.400. The minimum Gasteiger partial charge on any atom is -0.324 e. The summed E-state index contributed by atoms with van der Waals surface area (Å²) in [5, 5.41) is 0.751. The third-order valence-corrected chi connectivity index (χ3v) is 4.65. The van der Waals surface area contributed by atoms with Crippen molar-refractivity contribution in [3.63, 3.8) is 0 Å². The first-order chi connectivity index (χ1) is 9.58. The number of aromatic nitrogens is 1. The Bertz CT molecular complexity index is 556. The van der Waals surface area contributed by atoms with Crippen LogP contribution in [0.3, 0.4) is 0 Å². The van der Waals surface area contributed by atoms with E-state index in [2.05, 4.69) is 23.9 Å². The van der Waals surface area contributed by atoms with Gasteiger partial charge in [0.05, 0.1) is 11.2 Å². The lowest BCUT2D eigenvalue weighted by atomic mass is 10.0. The molecule has 1 unspecified atom stereocenters. The number of benzene rings is 1. The van der Waals surface area contributed by atoms with Gasteiger partial charge in [-0.3, -0.25) is 0 Å². The SMILES string of the molecule is Cc1ncsc1CN(C)CCC(N)c1ccccc1Cl. The molecule has 108 valence electrons. The van der Waals surface area contributed by atoms with E-state index >= 15 is 0 Å². The highest BCUT2D eigenvalue weighted by atomic mass is 35.5. The van der Waals surface area contributed by atoms with Gasteiger partial charge in [-0.15, -0.1) is 11.3 Å². The summed E-state index contributed by atoms with van der Waals surface area (Å²) in [5.41, 5.74) is 10.3. The number of halogens is 1. The molecule has 0 aliphatic carbocycles. The third kappa shape index (κ3) is 4.03. The molecule has 0 amide bonds. The average Bonchev–Trinajstić information content (AvgIpc) is 2.82. The Morgan fingerprint density at radius 3 is 2.80 bits per heavy atom. The van der Waals surface area contributed by atoms with E-state index in [1.807, 2.05) is 29.8 Å². The van der Waals surface area contributed by atoms with E-state index in [4.69, 9.17) is 17.3 Å². The average molecular weight is 310 g/mol. The van der Waals surface area contributed by atoms with Crippen LogP contribution >= 0.6 is 22.9 Å². The summed E-state index contributed by atoms with van der Waals surface area (Å²) in [6.07, 6.45) is 0.887. The maximum Gasteiger partial charge on any atom is 0.0798 e. The van der Waals surface area contributed by atoms with E-state index in [-0.39, 0.29) is 6.04 Å². The fourth-order valence-corrected chi connectivity index (χ4v) is 3.23. The van der Waals surface area contributed by atoms with Crippen LogP contribution in [-0.4, -0.2) is 23.5 Å². The Kier molecular flexibility index (Phi) is 5.54. The normalized spacial score (nSPS) is 12.8. The molecule has 0 aliphatic rings. The molecule has 0 aliphatic heterocycles. The van der Waals surface area contributed by atoms with E-state index in [0.29, 0.717) is 0 Å². The van der Waals surface area contributed by atoms with Crippen LogP contribution in [0.1, 0.15) is 28.6 Å².